The molecule has 0 spiro atoms. The third-order valence-corrected chi connectivity index (χ3v) is 6.54. The molecule has 0 heterocycles. The first-order valence-corrected chi connectivity index (χ1v) is 17.7. The second-order valence-corrected chi connectivity index (χ2v) is 11.0. The largest absolute Gasteiger partial charge is 1.00 e. The van der Waals surface area contributed by atoms with Crippen LogP contribution in [0.3, 0.4) is 0 Å². The Bertz CT molecular complexity index is 647. The predicted molar refractivity (Wildman–Crippen MR) is 167 cm³/mol. The van der Waals surface area contributed by atoms with Crippen LogP contribution in [-0.4, -0.2) is 139 Å². The van der Waals surface area contributed by atoms with E-state index < -0.39 is 10.4 Å². The quantitative estimate of drug-likeness (QED) is 0.0556. The molecule has 0 aromatic heterocycles. The molecule has 15 heteroatoms. The van der Waals surface area contributed by atoms with Gasteiger partial charge in [-0.05, 0) is 6.42 Å². The fourth-order valence-electron chi connectivity index (χ4n) is 3.75. The normalized spacial score (nSPS) is 11.7. The van der Waals surface area contributed by atoms with E-state index in [0.717, 1.165) is 13.0 Å². The number of rotatable bonds is 39. The summed E-state index contributed by atoms with van der Waals surface area (Å²) in [6.07, 6.45) is 13.3. The van der Waals surface area contributed by atoms with Gasteiger partial charge < -0.3 is 42.6 Å². The molecule has 0 aliphatic carbocycles. The van der Waals surface area contributed by atoms with Gasteiger partial charge >= 0.3 is 40.0 Å². The van der Waals surface area contributed by atoms with Gasteiger partial charge in [-0.2, -0.15) is 8.42 Å². The summed E-state index contributed by atoms with van der Waals surface area (Å²) >= 11 is 0. The molecule has 0 fully saturated rings. The predicted octanol–water partition coefficient (Wildman–Crippen LogP) is 0.880. The monoisotopic (exact) mass is 685 g/mol. The Morgan fingerprint density at radius 3 is 0.844 bits per heavy atom. The molecule has 0 aromatic carbocycles. The van der Waals surface area contributed by atoms with Crippen LogP contribution in [0.2, 0.25) is 0 Å². The van der Waals surface area contributed by atoms with E-state index in [1.54, 1.807) is 0 Å². The second kappa shape index (κ2) is 40.7. The molecule has 0 atom stereocenters. The van der Waals surface area contributed by atoms with Crippen LogP contribution in [0, 0.1) is 0 Å². The topological polar surface area (TPSA) is 147 Å². The van der Waals surface area contributed by atoms with Gasteiger partial charge in [0.15, 0.2) is 0 Å². The van der Waals surface area contributed by atoms with E-state index in [-0.39, 0.29) is 49.4 Å². The van der Waals surface area contributed by atoms with Crippen LogP contribution < -0.4 is 29.6 Å². The fraction of sp³-hybridized carbons (Fsp3) is 1.00. The molecule has 0 unspecified atom stereocenters. The molecular weight excluding hydrogens is 623 g/mol. The molecule has 0 aromatic rings. The Hall–Kier alpha value is 0.510. The fourth-order valence-corrected chi connectivity index (χ4v) is 4.03. The molecule has 0 amide bonds. The third-order valence-electron chi connectivity index (χ3n) is 6.08. The molecule has 0 aliphatic heterocycles. The van der Waals surface area contributed by atoms with Crippen molar-refractivity contribution in [1.82, 2.24) is 0 Å². The summed E-state index contributed by atoms with van der Waals surface area (Å²) in [4.78, 5) is 0. The van der Waals surface area contributed by atoms with Gasteiger partial charge in [0.1, 0.15) is 0 Å². The molecule has 1 N–H and O–H groups in total. The summed E-state index contributed by atoms with van der Waals surface area (Å²) in [6, 6.07) is 0. The minimum absolute atomic E-state index is 0. The molecule has 0 saturated heterocycles. The molecule has 0 saturated carbocycles. The molecule has 266 valence electrons. The Labute approximate surface area is 295 Å². The van der Waals surface area contributed by atoms with Crippen LogP contribution in [0.25, 0.3) is 0 Å². The van der Waals surface area contributed by atoms with Crippen LogP contribution in [0.1, 0.15) is 71.1 Å². The van der Waals surface area contributed by atoms with Gasteiger partial charge in [-0.3, -0.25) is 4.55 Å². The van der Waals surface area contributed by atoms with Crippen molar-refractivity contribution in [2.24, 2.45) is 0 Å². The van der Waals surface area contributed by atoms with Crippen molar-refractivity contribution in [3.63, 3.8) is 0 Å². The van der Waals surface area contributed by atoms with Crippen LogP contribution in [0.5, 0.6) is 0 Å². The molecule has 0 bridgehead atoms. The van der Waals surface area contributed by atoms with Gasteiger partial charge in [0.2, 0.25) is 0 Å². The maximum atomic E-state index is 10.3. The standard InChI is InChI=1S/C30H62O13S.Na/c1-2-3-4-5-6-7-8-9-10-11-12-34-13-14-35-15-16-36-17-18-37-19-20-38-21-22-39-23-24-40-25-26-41-27-28-42-29-30-43-44(31,32)33;/h2-30H2,1H3,(H,31,32,33);/q;+1. The maximum absolute atomic E-state index is 10.3. The van der Waals surface area contributed by atoms with E-state index in [0.29, 0.717) is 99.1 Å². The average molecular weight is 686 g/mol. The van der Waals surface area contributed by atoms with Gasteiger partial charge in [0.25, 0.3) is 0 Å². The van der Waals surface area contributed by atoms with Crippen LogP contribution in [0.15, 0.2) is 0 Å². The molecule has 45 heavy (non-hydrogen) atoms. The number of ether oxygens (including phenoxy) is 9. The third kappa shape index (κ3) is 46.7. The number of hydrogen-bond acceptors (Lipinski definition) is 12. The van der Waals surface area contributed by atoms with Crippen LogP contribution in [0.4, 0.5) is 0 Å². The minimum Gasteiger partial charge on any atom is -0.379 e. The Balaban J connectivity index is 0. The van der Waals surface area contributed by atoms with E-state index in [1.165, 1.54) is 57.8 Å². The van der Waals surface area contributed by atoms with Gasteiger partial charge in [0.05, 0.1) is 119 Å². The Kier molecular flexibility index (Phi) is 43.1. The van der Waals surface area contributed by atoms with E-state index >= 15 is 0 Å². The zero-order valence-electron chi connectivity index (χ0n) is 28.3. The van der Waals surface area contributed by atoms with Gasteiger partial charge in [-0.15, -0.1) is 0 Å². The van der Waals surface area contributed by atoms with Crippen molar-refractivity contribution in [1.29, 1.82) is 0 Å². The van der Waals surface area contributed by atoms with Crippen molar-refractivity contribution in [3.8, 4) is 0 Å². The molecule has 13 nitrogen and oxygen atoms in total. The maximum Gasteiger partial charge on any atom is 1.00 e. The van der Waals surface area contributed by atoms with E-state index in [1.807, 2.05) is 0 Å². The smallest absolute Gasteiger partial charge is 0.379 e. The SMILES string of the molecule is CCCCCCCCCCCCOCCOCCOCCOCCOCCOCCOCCOCCOCCOS(=O)(=O)O.[Na+]. The summed E-state index contributed by atoms with van der Waals surface area (Å²) in [5, 5.41) is 0. The minimum atomic E-state index is -4.42. The first-order valence-electron chi connectivity index (χ1n) is 16.4. The molecular formula is C30H62NaO13S+. The first-order chi connectivity index (χ1) is 21.6. The van der Waals surface area contributed by atoms with E-state index in [4.69, 9.17) is 47.2 Å². The van der Waals surface area contributed by atoms with Crippen molar-refractivity contribution in [2.45, 2.75) is 71.1 Å². The zero-order valence-corrected chi connectivity index (χ0v) is 31.1. The number of hydrogen-bond donors (Lipinski definition) is 1. The van der Waals surface area contributed by atoms with Crippen LogP contribution in [-0.2, 0) is 57.2 Å². The van der Waals surface area contributed by atoms with Gasteiger partial charge in [-0.1, -0.05) is 64.7 Å². The van der Waals surface area contributed by atoms with Gasteiger partial charge in [0, 0.05) is 6.61 Å². The summed E-state index contributed by atoms with van der Waals surface area (Å²) in [5.41, 5.74) is 0. The second-order valence-electron chi connectivity index (χ2n) is 9.94. The van der Waals surface area contributed by atoms with Crippen molar-refractivity contribution in [2.75, 3.05) is 126 Å². The summed E-state index contributed by atoms with van der Waals surface area (Å²) in [7, 11) is -4.42. The molecule has 0 aliphatic rings. The average Bonchev–Trinajstić information content (AvgIpc) is 3.00. The van der Waals surface area contributed by atoms with Crippen molar-refractivity contribution >= 4 is 10.4 Å². The first kappa shape index (κ1) is 47.6. The van der Waals surface area contributed by atoms with Crippen molar-refractivity contribution < 1.29 is 89.3 Å². The van der Waals surface area contributed by atoms with Crippen LogP contribution >= 0.6 is 0 Å². The zero-order chi connectivity index (χ0) is 32.1. The summed E-state index contributed by atoms with van der Waals surface area (Å²) in [5.74, 6) is 0. The van der Waals surface area contributed by atoms with Gasteiger partial charge in [-0.25, -0.2) is 4.18 Å². The van der Waals surface area contributed by atoms with Crippen molar-refractivity contribution in [3.05, 3.63) is 0 Å². The molecule has 0 radical (unpaired) electrons. The summed E-state index contributed by atoms with van der Waals surface area (Å²) < 4.78 is 81.9. The number of unbranched alkanes of at least 4 members (excludes halogenated alkanes) is 9. The van der Waals surface area contributed by atoms with E-state index in [2.05, 4.69) is 11.1 Å². The summed E-state index contributed by atoms with van der Waals surface area (Å²) in [6.45, 7) is 10.6. The molecule has 0 rings (SSSR count). The Morgan fingerprint density at radius 2 is 0.578 bits per heavy atom. The Morgan fingerprint density at radius 1 is 0.356 bits per heavy atom. The van der Waals surface area contributed by atoms with E-state index in [9.17, 15) is 8.42 Å².